The fourth-order valence-corrected chi connectivity index (χ4v) is 3.50. The Balaban J connectivity index is 1.81. The first kappa shape index (κ1) is 12.5. The van der Waals surface area contributed by atoms with E-state index in [1.54, 1.807) is 0 Å². The molecule has 1 aliphatic rings. The number of benzene rings is 2. The molecule has 4 rings (SSSR count). The summed E-state index contributed by atoms with van der Waals surface area (Å²) < 4.78 is 2.23. The highest BCUT2D eigenvalue weighted by molar-refractivity contribution is 5.79. The number of aryl methyl sites for hydroxylation is 2. The summed E-state index contributed by atoms with van der Waals surface area (Å²) in [6.07, 6.45) is 3.28. The summed E-state index contributed by atoms with van der Waals surface area (Å²) in [5.41, 5.74) is 12.5. The molecule has 0 radical (unpaired) electrons. The van der Waals surface area contributed by atoms with Crippen LogP contribution in [0.1, 0.15) is 29.2 Å². The third-order valence-electron chi connectivity index (χ3n) is 4.56. The molecule has 1 aromatic heterocycles. The van der Waals surface area contributed by atoms with E-state index in [1.165, 1.54) is 16.7 Å². The van der Waals surface area contributed by atoms with E-state index < -0.39 is 0 Å². The van der Waals surface area contributed by atoms with E-state index in [2.05, 4.69) is 58.9 Å². The van der Waals surface area contributed by atoms with Crippen molar-refractivity contribution >= 4 is 17.0 Å². The Morgan fingerprint density at radius 1 is 1.14 bits per heavy atom. The van der Waals surface area contributed by atoms with Gasteiger partial charge in [-0.05, 0) is 55.0 Å². The van der Waals surface area contributed by atoms with Gasteiger partial charge in [0.1, 0.15) is 0 Å². The molecule has 0 amide bonds. The van der Waals surface area contributed by atoms with Crippen LogP contribution in [0.4, 0.5) is 5.95 Å². The molecule has 3 nitrogen and oxygen atoms in total. The summed E-state index contributed by atoms with van der Waals surface area (Å²) in [4.78, 5) is 4.53. The quantitative estimate of drug-likeness (QED) is 0.737. The smallest absolute Gasteiger partial charge is 0.201 e. The SMILES string of the molecule is Cc1ccc2nc(N)n(C3CCc4ccccc4C3)c2c1. The van der Waals surface area contributed by atoms with Crippen LogP contribution in [0, 0.1) is 6.92 Å². The topological polar surface area (TPSA) is 43.8 Å². The number of imidazole rings is 1. The number of nitrogens with two attached hydrogens (primary N) is 1. The van der Waals surface area contributed by atoms with Gasteiger partial charge in [0.05, 0.1) is 11.0 Å². The zero-order valence-electron chi connectivity index (χ0n) is 12.2. The maximum Gasteiger partial charge on any atom is 0.201 e. The maximum absolute atomic E-state index is 6.21. The van der Waals surface area contributed by atoms with Crippen molar-refractivity contribution in [3.05, 3.63) is 59.2 Å². The molecule has 0 saturated heterocycles. The normalized spacial score (nSPS) is 17.9. The average molecular weight is 277 g/mol. The monoisotopic (exact) mass is 277 g/mol. The average Bonchev–Trinajstić information content (AvgIpc) is 2.82. The molecule has 1 unspecified atom stereocenters. The number of anilines is 1. The summed E-state index contributed by atoms with van der Waals surface area (Å²) in [6.45, 7) is 2.11. The van der Waals surface area contributed by atoms with Gasteiger partial charge >= 0.3 is 0 Å². The second kappa shape index (κ2) is 4.62. The predicted octanol–water partition coefficient (Wildman–Crippen LogP) is 3.66. The Hall–Kier alpha value is -2.29. The minimum absolute atomic E-state index is 0.409. The van der Waals surface area contributed by atoms with E-state index in [-0.39, 0.29) is 0 Å². The van der Waals surface area contributed by atoms with Crippen molar-refractivity contribution in [1.29, 1.82) is 0 Å². The molecule has 1 heterocycles. The minimum atomic E-state index is 0.409. The van der Waals surface area contributed by atoms with E-state index >= 15 is 0 Å². The van der Waals surface area contributed by atoms with Crippen LogP contribution >= 0.6 is 0 Å². The number of aromatic nitrogens is 2. The number of nitrogen functional groups attached to an aromatic ring is 1. The van der Waals surface area contributed by atoms with Gasteiger partial charge in [-0.1, -0.05) is 30.3 Å². The fraction of sp³-hybridized carbons (Fsp3) is 0.278. The van der Waals surface area contributed by atoms with Crippen molar-refractivity contribution < 1.29 is 0 Å². The molecule has 2 aromatic carbocycles. The Morgan fingerprint density at radius 3 is 2.81 bits per heavy atom. The van der Waals surface area contributed by atoms with Crippen molar-refractivity contribution in [1.82, 2.24) is 9.55 Å². The number of fused-ring (bicyclic) bond motifs is 2. The van der Waals surface area contributed by atoms with Gasteiger partial charge in [-0.25, -0.2) is 4.98 Å². The summed E-state index contributed by atoms with van der Waals surface area (Å²) in [7, 11) is 0. The molecule has 1 atom stereocenters. The Morgan fingerprint density at radius 2 is 1.95 bits per heavy atom. The van der Waals surface area contributed by atoms with Crippen LogP contribution in [-0.2, 0) is 12.8 Å². The number of hydrogen-bond acceptors (Lipinski definition) is 2. The first-order chi connectivity index (χ1) is 10.2. The van der Waals surface area contributed by atoms with E-state index in [0.29, 0.717) is 12.0 Å². The lowest BCUT2D eigenvalue weighted by molar-refractivity contribution is 0.457. The van der Waals surface area contributed by atoms with Crippen LogP contribution in [0.3, 0.4) is 0 Å². The second-order valence-corrected chi connectivity index (χ2v) is 6.00. The zero-order valence-corrected chi connectivity index (χ0v) is 12.2. The van der Waals surface area contributed by atoms with E-state index in [9.17, 15) is 0 Å². The zero-order chi connectivity index (χ0) is 14.4. The number of rotatable bonds is 1. The van der Waals surface area contributed by atoms with Gasteiger partial charge in [0.25, 0.3) is 0 Å². The van der Waals surface area contributed by atoms with Gasteiger partial charge in [-0.15, -0.1) is 0 Å². The molecule has 0 bridgehead atoms. The number of nitrogens with zero attached hydrogens (tertiary/aromatic N) is 2. The van der Waals surface area contributed by atoms with Crippen molar-refractivity contribution in [3.8, 4) is 0 Å². The maximum atomic E-state index is 6.21. The van der Waals surface area contributed by atoms with Crippen molar-refractivity contribution in [2.75, 3.05) is 5.73 Å². The molecule has 21 heavy (non-hydrogen) atoms. The summed E-state index contributed by atoms with van der Waals surface area (Å²) >= 11 is 0. The largest absolute Gasteiger partial charge is 0.369 e. The summed E-state index contributed by atoms with van der Waals surface area (Å²) in [5, 5.41) is 0. The van der Waals surface area contributed by atoms with Crippen molar-refractivity contribution in [2.45, 2.75) is 32.2 Å². The first-order valence-electron chi connectivity index (χ1n) is 7.53. The van der Waals surface area contributed by atoms with Gasteiger partial charge in [0.15, 0.2) is 0 Å². The third-order valence-corrected chi connectivity index (χ3v) is 4.56. The van der Waals surface area contributed by atoms with Crippen LogP contribution in [0.15, 0.2) is 42.5 Å². The Bertz CT molecular complexity index is 816. The van der Waals surface area contributed by atoms with E-state index in [0.717, 1.165) is 30.3 Å². The molecule has 3 aromatic rings. The Kier molecular flexibility index (Phi) is 2.74. The van der Waals surface area contributed by atoms with Crippen LogP contribution in [0.25, 0.3) is 11.0 Å². The van der Waals surface area contributed by atoms with Gasteiger partial charge in [0, 0.05) is 6.04 Å². The van der Waals surface area contributed by atoms with Gasteiger partial charge in [-0.2, -0.15) is 0 Å². The van der Waals surface area contributed by atoms with E-state index in [1.807, 2.05) is 0 Å². The first-order valence-corrected chi connectivity index (χ1v) is 7.53. The van der Waals surface area contributed by atoms with Crippen LogP contribution in [-0.4, -0.2) is 9.55 Å². The predicted molar refractivity (Wildman–Crippen MR) is 86.4 cm³/mol. The van der Waals surface area contributed by atoms with Crippen molar-refractivity contribution in [3.63, 3.8) is 0 Å². The highest BCUT2D eigenvalue weighted by atomic mass is 15.2. The minimum Gasteiger partial charge on any atom is -0.369 e. The third kappa shape index (κ3) is 2.00. The molecule has 0 spiro atoms. The molecule has 2 N–H and O–H groups in total. The molecule has 1 aliphatic carbocycles. The van der Waals surface area contributed by atoms with Crippen LogP contribution in [0.2, 0.25) is 0 Å². The van der Waals surface area contributed by atoms with Crippen molar-refractivity contribution in [2.24, 2.45) is 0 Å². The lowest BCUT2D eigenvalue weighted by Crippen LogP contribution is -2.20. The van der Waals surface area contributed by atoms with Gasteiger partial charge < -0.3 is 10.3 Å². The lowest BCUT2D eigenvalue weighted by atomic mass is 9.88. The summed E-state index contributed by atoms with van der Waals surface area (Å²) in [6, 6.07) is 15.5. The Labute approximate surface area is 124 Å². The van der Waals surface area contributed by atoms with Gasteiger partial charge in [0.2, 0.25) is 5.95 Å². The number of hydrogen-bond donors (Lipinski definition) is 1. The lowest BCUT2D eigenvalue weighted by Gasteiger charge is -2.27. The van der Waals surface area contributed by atoms with Crippen LogP contribution in [0.5, 0.6) is 0 Å². The summed E-state index contributed by atoms with van der Waals surface area (Å²) in [5.74, 6) is 0.639. The molecular weight excluding hydrogens is 258 g/mol. The highest BCUT2D eigenvalue weighted by Crippen LogP contribution is 2.33. The molecule has 3 heteroatoms. The highest BCUT2D eigenvalue weighted by Gasteiger charge is 2.23. The standard InChI is InChI=1S/C18H19N3/c1-12-6-9-16-17(10-12)21(18(19)20-16)15-8-7-13-4-2-3-5-14(13)11-15/h2-6,9-10,15H,7-8,11H2,1H3,(H2,19,20). The molecule has 0 aliphatic heterocycles. The molecule has 106 valence electrons. The van der Waals surface area contributed by atoms with E-state index in [4.69, 9.17) is 5.73 Å². The van der Waals surface area contributed by atoms with Crippen LogP contribution < -0.4 is 5.73 Å². The molecule has 0 fully saturated rings. The molecular formula is C18H19N3. The molecule has 0 saturated carbocycles. The fourth-order valence-electron chi connectivity index (χ4n) is 3.50. The second-order valence-electron chi connectivity index (χ2n) is 6.00. The van der Waals surface area contributed by atoms with Gasteiger partial charge in [-0.3, -0.25) is 0 Å².